The predicted octanol–water partition coefficient (Wildman–Crippen LogP) is 4.14. The van der Waals surface area contributed by atoms with Crippen LogP contribution in [0.1, 0.15) is 29.3 Å². The van der Waals surface area contributed by atoms with Crippen molar-refractivity contribution in [2.24, 2.45) is 0 Å². The minimum absolute atomic E-state index is 0.0636. The summed E-state index contributed by atoms with van der Waals surface area (Å²) in [4.78, 5) is 11.5. The van der Waals surface area contributed by atoms with E-state index in [0.29, 0.717) is 12.0 Å². The molecule has 4 heteroatoms. The molecule has 0 saturated carbocycles. The molecule has 2 aromatic carbocycles. The third-order valence-electron chi connectivity index (χ3n) is 2.88. The van der Waals surface area contributed by atoms with Crippen molar-refractivity contribution in [3.05, 3.63) is 65.2 Å². The summed E-state index contributed by atoms with van der Waals surface area (Å²) in [5.41, 5.74) is 1.41. The Bertz CT molecular complexity index is 606. The van der Waals surface area contributed by atoms with E-state index in [0.717, 1.165) is 23.8 Å². The van der Waals surface area contributed by atoms with Crippen LogP contribution in [0, 0.1) is 11.6 Å². The largest absolute Gasteiger partial charge is 0.486 e. The second-order valence-electron chi connectivity index (χ2n) is 4.34. The van der Waals surface area contributed by atoms with Gasteiger partial charge >= 0.3 is 0 Å². The van der Waals surface area contributed by atoms with Gasteiger partial charge in [-0.15, -0.1) is 0 Å². The SMILES string of the molecule is CCC(=O)c1ccc(COc2cc(F)ccc2F)cc1. The maximum absolute atomic E-state index is 13.4. The van der Waals surface area contributed by atoms with E-state index in [1.807, 2.05) is 0 Å². The summed E-state index contributed by atoms with van der Waals surface area (Å²) in [6.45, 7) is 1.91. The summed E-state index contributed by atoms with van der Waals surface area (Å²) in [6.07, 6.45) is 0.449. The fourth-order valence-electron chi connectivity index (χ4n) is 1.74. The molecular formula is C16H14F2O2. The molecule has 0 aliphatic rings. The van der Waals surface area contributed by atoms with Crippen LogP contribution in [0.3, 0.4) is 0 Å². The topological polar surface area (TPSA) is 26.3 Å². The molecule has 2 rings (SSSR count). The van der Waals surface area contributed by atoms with Crippen molar-refractivity contribution in [1.82, 2.24) is 0 Å². The third-order valence-corrected chi connectivity index (χ3v) is 2.88. The van der Waals surface area contributed by atoms with Crippen LogP contribution in [0.4, 0.5) is 8.78 Å². The Morgan fingerprint density at radius 2 is 1.80 bits per heavy atom. The maximum atomic E-state index is 13.4. The molecule has 2 aromatic rings. The number of hydrogen-bond donors (Lipinski definition) is 0. The summed E-state index contributed by atoms with van der Waals surface area (Å²) in [6, 6.07) is 9.93. The molecule has 0 N–H and O–H groups in total. The van der Waals surface area contributed by atoms with Gasteiger partial charge in [-0.3, -0.25) is 4.79 Å². The Kier molecular flexibility index (Phi) is 4.45. The summed E-state index contributed by atoms with van der Waals surface area (Å²) in [5, 5.41) is 0. The van der Waals surface area contributed by atoms with E-state index in [-0.39, 0.29) is 18.1 Å². The zero-order valence-corrected chi connectivity index (χ0v) is 11.0. The smallest absolute Gasteiger partial charge is 0.165 e. The Morgan fingerprint density at radius 3 is 2.45 bits per heavy atom. The van der Waals surface area contributed by atoms with Crippen molar-refractivity contribution in [2.45, 2.75) is 20.0 Å². The number of benzene rings is 2. The number of ketones is 1. The van der Waals surface area contributed by atoms with E-state index in [2.05, 4.69) is 0 Å². The molecular weight excluding hydrogens is 262 g/mol. The number of Topliss-reactive ketones (excluding diaryl/α,β-unsaturated/α-hetero) is 1. The first kappa shape index (κ1) is 14.2. The summed E-state index contributed by atoms with van der Waals surface area (Å²) in [7, 11) is 0. The minimum Gasteiger partial charge on any atom is -0.486 e. The van der Waals surface area contributed by atoms with E-state index in [1.165, 1.54) is 0 Å². The van der Waals surface area contributed by atoms with Crippen LogP contribution >= 0.6 is 0 Å². The molecule has 0 atom stereocenters. The van der Waals surface area contributed by atoms with Crippen LogP contribution in [-0.2, 0) is 6.61 Å². The first-order valence-corrected chi connectivity index (χ1v) is 6.30. The highest BCUT2D eigenvalue weighted by Crippen LogP contribution is 2.19. The molecule has 0 aromatic heterocycles. The monoisotopic (exact) mass is 276 g/mol. The molecule has 0 unspecified atom stereocenters. The van der Waals surface area contributed by atoms with Gasteiger partial charge in [-0.1, -0.05) is 31.2 Å². The summed E-state index contributed by atoms with van der Waals surface area (Å²) < 4.78 is 31.6. The zero-order valence-electron chi connectivity index (χ0n) is 11.0. The molecule has 0 radical (unpaired) electrons. The number of hydrogen-bond acceptors (Lipinski definition) is 2. The van der Waals surface area contributed by atoms with E-state index in [1.54, 1.807) is 31.2 Å². The molecule has 2 nitrogen and oxygen atoms in total. The quantitative estimate of drug-likeness (QED) is 0.767. The van der Waals surface area contributed by atoms with Crippen molar-refractivity contribution in [2.75, 3.05) is 0 Å². The van der Waals surface area contributed by atoms with Crippen molar-refractivity contribution in [3.8, 4) is 5.75 Å². The second-order valence-corrected chi connectivity index (χ2v) is 4.34. The van der Waals surface area contributed by atoms with Crippen LogP contribution in [0.5, 0.6) is 5.75 Å². The number of carbonyl (C=O) groups excluding carboxylic acids is 1. The second kappa shape index (κ2) is 6.28. The van der Waals surface area contributed by atoms with Gasteiger partial charge in [0.05, 0.1) is 0 Å². The van der Waals surface area contributed by atoms with Gasteiger partial charge in [0.25, 0.3) is 0 Å². The molecule has 0 aliphatic carbocycles. The lowest BCUT2D eigenvalue weighted by atomic mass is 10.1. The van der Waals surface area contributed by atoms with E-state index in [9.17, 15) is 13.6 Å². The van der Waals surface area contributed by atoms with Crippen molar-refractivity contribution in [1.29, 1.82) is 0 Å². The fraction of sp³-hybridized carbons (Fsp3) is 0.188. The molecule has 0 amide bonds. The van der Waals surface area contributed by atoms with Crippen molar-refractivity contribution < 1.29 is 18.3 Å². The lowest BCUT2D eigenvalue weighted by Crippen LogP contribution is -2.00. The maximum Gasteiger partial charge on any atom is 0.165 e. The first-order valence-electron chi connectivity index (χ1n) is 6.30. The highest BCUT2D eigenvalue weighted by Gasteiger charge is 2.06. The molecule has 0 spiro atoms. The first-order chi connectivity index (χ1) is 9.60. The Hall–Kier alpha value is -2.23. The van der Waals surface area contributed by atoms with Gasteiger partial charge in [0.1, 0.15) is 12.4 Å². The van der Waals surface area contributed by atoms with Gasteiger partial charge in [0.15, 0.2) is 17.3 Å². The van der Waals surface area contributed by atoms with Crippen LogP contribution in [-0.4, -0.2) is 5.78 Å². The van der Waals surface area contributed by atoms with Crippen molar-refractivity contribution >= 4 is 5.78 Å². The molecule has 0 bridgehead atoms. The average Bonchev–Trinajstić information content (AvgIpc) is 2.48. The zero-order chi connectivity index (χ0) is 14.5. The van der Waals surface area contributed by atoms with Crippen LogP contribution in [0.25, 0.3) is 0 Å². The van der Waals surface area contributed by atoms with Gasteiger partial charge in [-0.2, -0.15) is 0 Å². The number of ether oxygens (including phenoxy) is 1. The summed E-state index contributed by atoms with van der Waals surface area (Å²) >= 11 is 0. The Morgan fingerprint density at radius 1 is 1.10 bits per heavy atom. The standard InChI is InChI=1S/C16H14F2O2/c1-2-15(19)12-5-3-11(4-6-12)10-20-16-9-13(17)7-8-14(16)18/h3-9H,2,10H2,1H3. The highest BCUT2D eigenvalue weighted by atomic mass is 19.1. The van der Waals surface area contributed by atoms with Gasteiger partial charge in [0.2, 0.25) is 0 Å². The normalized spacial score (nSPS) is 10.3. The van der Waals surface area contributed by atoms with Crippen LogP contribution in [0.15, 0.2) is 42.5 Å². The van der Waals surface area contributed by atoms with Gasteiger partial charge in [-0.05, 0) is 17.7 Å². The van der Waals surface area contributed by atoms with Gasteiger partial charge in [0, 0.05) is 18.1 Å². The highest BCUT2D eigenvalue weighted by molar-refractivity contribution is 5.95. The van der Waals surface area contributed by atoms with E-state index >= 15 is 0 Å². The Labute approximate surface area is 116 Å². The summed E-state index contributed by atoms with van der Waals surface area (Å²) in [5.74, 6) is -1.22. The molecule has 0 saturated heterocycles. The lowest BCUT2D eigenvalue weighted by Gasteiger charge is -2.08. The molecule has 104 valence electrons. The number of rotatable bonds is 5. The predicted molar refractivity (Wildman–Crippen MR) is 71.8 cm³/mol. The fourth-order valence-corrected chi connectivity index (χ4v) is 1.74. The third kappa shape index (κ3) is 3.41. The van der Waals surface area contributed by atoms with Crippen molar-refractivity contribution in [3.63, 3.8) is 0 Å². The van der Waals surface area contributed by atoms with E-state index in [4.69, 9.17) is 4.74 Å². The molecule has 0 fully saturated rings. The number of carbonyl (C=O) groups is 1. The van der Waals surface area contributed by atoms with Gasteiger partial charge in [-0.25, -0.2) is 8.78 Å². The number of halogens is 2. The molecule has 0 heterocycles. The Balaban J connectivity index is 2.04. The van der Waals surface area contributed by atoms with E-state index < -0.39 is 11.6 Å². The van der Waals surface area contributed by atoms with Crippen LogP contribution < -0.4 is 4.74 Å². The molecule has 0 aliphatic heterocycles. The molecule has 20 heavy (non-hydrogen) atoms. The van der Waals surface area contributed by atoms with Crippen LogP contribution in [0.2, 0.25) is 0 Å². The average molecular weight is 276 g/mol. The lowest BCUT2D eigenvalue weighted by molar-refractivity contribution is 0.0988. The minimum atomic E-state index is -0.607. The van der Waals surface area contributed by atoms with Gasteiger partial charge < -0.3 is 4.74 Å².